The van der Waals surface area contributed by atoms with Crippen LogP contribution in [0.15, 0.2) is 89.3 Å². The zero-order valence-electron chi connectivity index (χ0n) is 16.9. The number of Topliss-reactive ketones (excluding diaryl/α,β-unsaturated/α-hetero) is 1. The van der Waals surface area contributed by atoms with E-state index in [1.54, 1.807) is 16.7 Å². The van der Waals surface area contributed by atoms with Gasteiger partial charge in [-0.05, 0) is 46.9 Å². The summed E-state index contributed by atoms with van der Waals surface area (Å²) in [6, 6.07) is 21.5. The van der Waals surface area contributed by atoms with Gasteiger partial charge in [-0.15, -0.1) is 6.58 Å². The Kier molecular flexibility index (Phi) is 5.04. The van der Waals surface area contributed by atoms with Gasteiger partial charge in [-0.1, -0.05) is 66.4 Å². The molecule has 1 heterocycles. The highest BCUT2D eigenvalue weighted by Gasteiger charge is 2.20. The number of para-hydroxylation sites is 1. The van der Waals surface area contributed by atoms with Gasteiger partial charge in [0, 0.05) is 12.1 Å². The second-order valence-electron chi connectivity index (χ2n) is 7.53. The number of hydrogen-bond acceptors (Lipinski definition) is 4. The SMILES string of the molecule is C=CCn1c(SCC(=O)c2ccc3c(c2)-c2ccccc2C3)nc2ccccc2c1=O. The van der Waals surface area contributed by atoms with Gasteiger partial charge in [-0.2, -0.15) is 0 Å². The van der Waals surface area contributed by atoms with Crippen LogP contribution in [-0.4, -0.2) is 21.1 Å². The van der Waals surface area contributed by atoms with Crippen LogP contribution in [0.3, 0.4) is 0 Å². The number of aromatic nitrogens is 2. The third-order valence-electron chi connectivity index (χ3n) is 5.59. The Bertz CT molecular complexity index is 1400. The minimum absolute atomic E-state index is 0.0183. The van der Waals surface area contributed by atoms with Crippen molar-refractivity contribution in [2.75, 3.05) is 5.75 Å². The molecule has 0 fully saturated rings. The van der Waals surface area contributed by atoms with Crippen molar-refractivity contribution in [3.63, 3.8) is 0 Å². The summed E-state index contributed by atoms with van der Waals surface area (Å²) in [6.07, 6.45) is 2.57. The lowest BCUT2D eigenvalue weighted by Crippen LogP contribution is -2.23. The summed E-state index contributed by atoms with van der Waals surface area (Å²) < 4.78 is 1.58. The molecule has 0 bridgehead atoms. The molecule has 0 spiro atoms. The average molecular weight is 425 g/mol. The van der Waals surface area contributed by atoms with Crippen LogP contribution >= 0.6 is 11.8 Å². The van der Waals surface area contributed by atoms with E-state index in [1.807, 2.05) is 42.5 Å². The molecule has 3 aromatic carbocycles. The maximum atomic E-state index is 13.0. The lowest BCUT2D eigenvalue weighted by molar-refractivity contribution is 0.102. The highest BCUT2D eigenvalue weighted by molar-refractivity contribution is 7.99. The van der Waals surface area contributed by atoms with Crippen LogP contribution in [0, 0.1) is 0 Å². The van der Waals surface area contributed by atoms with Crippen molar-refractivity contribution in [1.29, 1.82) is 0 Å². The lowest BCUT2D eigenvalue weighted by Gasteiger charge is -2.11. The Labute approximate surface area is 184 Å². The van der Waals surface area contributed by atoms with E-state index in [1.165, 1.54) is 28.5 Å². The summed E-state index contributed by atoms with van der Waals surface area (Å²) in [6.45, 7) is 4.10. The molecular formula is C26H20N2O2S. The van der Waals surface area contributed by atoms with Gasteiger partial charge in [0.1, 0.15) is 0 Å². The Morgan fingerprint density at radius 3 is 2.68 bits per heavy atom. The largest absolute Gasteiger partial charge is 0.293 e. The fraction of sp³-hybridized carbons (Fsp3) is 0.115. The monoisotopic (exact) mass is 424 g/mol. The fourth-order valence-electron chi connectivity index (χ4n) is 4.06. The van der Waals surface area contributed by atoms with Crippen LogP contribution in [0.1, 0.15) is 21.5 Å². The van der Waals surface area contributed by atoms with Gasteiger partial charge in [-0.25, -0.2) is 4.98 Å². The van der Waals surface area contributed by atoms with E-state index in [4.69, 9.17) is 0 Å². The van der Waals surface area contributed by atoms with Gasteiger partial charge >= 0.3 is 0 Å². The first-order valence-electron chi connectivity index (χ1n) is 10.1. The first kappa shape index (κ1) is 19.5. The minimum Gasteiger partial charge on any atom is -0.293 e. The first-order chi connectivity index (χ1) is 15.2. The van der Waals surface area contributed by atoms with Crippen molar-refractivity contribution >= 4 is 28.4 Å². The van der Waals surface area contributed by atoms with Crippen molar-refractivity contribution < 1.29 is 4.79 Å². The van der Waals surface area contributed by atoms with Gasteiger partial charge in [-0.3, -0.25) is 14.2 Å². The molecule has 0 radical (unpaired) electrons. The van der Waals surface area contributed by atoms with E-state index in [0.717, 1.165) is 12.0 Å². The van der Waals surface area contributed by atoms with Gasteiger partial charge < -0.3 is 0 Å². The zero-order chi connectivity index (χ0) is 21.4. The van der Waals surface area contributed by atoms with Gasteiger partial charge in [0.2, 0.25) is 0 Å². The number of nitrogens with zero attached hydrogens (tertiary/aromatic N) is 2. The molecule has 1 aliphatic rings. The average Bonchev–Trinajstić information content (AvgIpc) is 3.17. The summed E-state index contributed by atoms with van der Waals surface area (Å²) in [5.74, 6) is 0.229. The maximum absolute atomic E-state index is 13.0. The number of rotatable bonds is 6. The molecule has 0 atom stereocenters. The second kappa shape index (κ2) is 8.00. The highest BCUT2D eigenvalue weighted by atomic mass is 32.2. The number of carbonyl (C=O) groups is 1. The number of fused-ring (bicyclic) bond motifs is 4. The Morgan fingerprint density at radius 1 is 1.03 bits per heavy atom. The predicted molar refractivity (Wildman–Crippen MR) is 126 cm³/mol. The van der Waals surface area contributed by atoms with Crippen molar-refractivity contribution in [2.24, 2.45) is 0 Å². The van der Waals surface area contributed by atoms with E-state index in [0.29, 0.717) is 28.2 Å². The third-order valence-corrected chi connectivity index (χ3v) is 6.57. The molecule has 5 heteroatoms. The van der Waals surface area contributed by atoms with Crippen molar-refractivity contribution in [3.8, 4) is 11.1 Å². The molecule has 152 valence electrons. The molecular weight excluding hydrogens is 404 g/mol. The van der Waals surface area contributed by atoms with Gasteiger partial charge in [0.05, 0.1) is 16.7 Å². The van der Waals surface area contributed by atoms with Crippen molar-refractivity contribution in [2.45, 2.75) is 18.1 Å². The molecule has 0 saturated carbocycles. The number of hydrogen-bond donors (Lipinski definition) is 0. The normalized spacial score (nSPS) is 11.9. The number of thioether (sulfide) groups is 1. The predicted octanol–water partition coefficient (Wildman–Crippen LogP) is 5.13. The van der Waals surface area contributed by atoms with E-state index in [9.17, 15) is 9.59 Å². The summed E-state index contributed by atoms with van der Waals surface area (Å²) in [5.41, 5.74) is 6.09. The molecule has 5 rings (SSSR count). The number of benzene rings is 3. The first-order valence-corrected chi connectivity index (χ1v) is 11.1. The topological polar surface area (TPSA) is 52.0 Å². The highest BCUT2D eigenvalue weighted by Crippen LogP contribution is 2.37. The summed E-state index contributed by atoms with van der Waals surface area (Å²) in [4.78, 5) is 30.5. The van der Waals surface area contributed by atoms with Crippen LogP contribution in [0.25, 0.3) is 22.0 Å². The van der Waals surface area contributed by atoms with E-state index < -0.39 is 0 Å². The van der Waals surface area contributed by atoms with E-state index in [2.05, 4.69) is 29.8 Å². The molecule has 1 aromatic heterocycles. The molecule has 4 nitrogen and oxygen atoms in total. The Morgan fingerprint density at radius 2 is 1.81 bits per heavy atom. The maximum Gasteiger partial charge on any atom is 0.262 e. The molecule has 31 heavy (non-hydrogen) atoms. The van der Waals surface area contributed by atoms with E-state index >= 15 is 0 Å². The van der Waals surface area contributed by atoms with Crippen LogP contribution in [-0.2, 0) is 13.0 Å². The van der Waals surface area contributed by atoms with E-state index in [-0.39, 0.29) is 17.1 Å². The molecule has 4 aromatic rings. The van der Waals surface area contributed by atoms with Crippen molar-refractivity contribution in [3.05, 3.63) is 106 Å². The zero-order valence-corrected chi connectivity index (χ0v) is 17.7. The molecule has 1 aliphatic carbocycles. The van der Waals surface area contributed by atoms with Crippen LogP contribution in [0.5, 0.6) is 0 Å². The third kappa shape index (κ3) is 3.51. The number of allylic oxidation sites excluding steroid dienone is 1. The molecule has 0 amide bonds. The molecule has 0 saturated heterocycles. The van der Waals surface area contributed by atoms with Crippen LogP contribution in [0.4, 0.5) is 0 Å². The summed E-state index contributed by atoms with van der Waals surface area (Å²) >= 11 is 1.29. The number of carbonyl (C=O) groups excluding carboxylic acids is 1. The van der Waals surface area contributed by atoms with Gasteiger partial charge in [0.15, 0.2) is 10.9 Å². The van der Waals surface area contributed by atoms with Crippen LogP contribution < -0.4 is 5.56 Å². The molecule has 0 N–H and O–H groups in total. The second-order valence-corrected chi connectivity index (χ2v) is 8.48. The Hall–Kier alpha value is -3.44. The summed E-state index contributed by atoms with van der Waals surface area (Å²) in [5, 5.41) is 1.10. The van der Waals surface area contributed by atoms with Crippen molar-refractivity contribution in [1.82, 2.24) is 9.55 Å². The lowest BCUT2D eigenvalue weighted by atomic mass is 10.0. The summed E-state index contributed by atoms with van der Waals surface area (Å²) in [7, 11) is 0. The van der Waals surface area contributed by atoms with Crippen LogP contribution in [0.2, 0.25) is 0 Å². The molecule has 0 aliphatic heterocycles. The standard InChI is InChI=1S/C26H20N2O2S/c1-2-13-28-25(30)21-9-5-6-10-23(21)27-26(28)31-16-24(29)19-12-11-18-14-17-7-3-4-8-20(17)22(18)15-19/h2-12,15H,1,13-14,16H2. The number of ketones is 1. The smallest absolute Gasteiger partial charge is 0.262 e. The quantitative estimate of drug-likeness (QED) is 0.164. The minimum atomic E-state index is -0.116. The fourth-order valence-corrected chi connectivity index (χ4v) is 4.96. The van der Waals surface area contributed by atoms with Gasteiger partial charge in [0.25, 0.3) is 5.56 Å². The molecule has 0 unspecified atom stereocenters. The Balaban J connectivity index is 1.43.